The third-order valence-corrected chi connectivity index (χ3v) is 4.47. The van der Waals surface area contributed by atoms with E-state index in [9.17, 15) is 9.59 Å². The molecule has 0 spiro atoms. The third-order valence-electron chi connectivity index (χ3n) is 4.47. The summed E-state index contributed by atoms with van der Waals surface area (Å²) in [6.45, 7) is 1.09. The maximum atomic E-state index is 12.6. The zero-order valence-corrected chi connectivity index (χ0v) is 13.4. The van der Waals surface area contributed by atoms with Crippen LogP contribution in [-0.2, 0) is 0 Å². The fourth-order valence-electron chi connectivity index (χ4n) is 3.13. The number of nitrogens with zero attached hydrogens (tertiary/aromatic N) is 6. The van der Waals surface area contributed by atoms with E-state index in [4.69, 9.17) is 0 Å². The Morgan fingerprint density at radius 3 is 2.68 bits per heavy atom. The Morgan fingerprint density at radius 2 is 1.92 bits per heavy atom. The largest absolute Gasteiger partial charge is 0.337 e. The van der Waals surface area contributed by atoms with Crippen molar-refractivity contribution in [1.82, 2.24) is 29.9 Å². The number of carbonyl (C=O) groups excluding carboxylic acids is 1. The number of hydrogen-bond donors (Lipinski definition) is 0. The summed E-state index contributed by atoms with van der Waals surface area (Å²) in [4.78, 5) is 34.8. The molecule has 1 saturated heterocycles. The van der Waals surface area contributed by atoms with Crippen LogP contribution < -0.4 is 5.56 Å². The van der Waals surface area contributed by atoms with Gasteiger partial charge in [0.15, 0.2) is 0 Å². The molecule has 4 rings (SSSR count). The molecule has 2 aromatic heterocycles. The van der Waals surface area contributed by atoms with Gasteiger partial charge in [-0.3, -0.25) is 14.6 Å². The molecule has 3 aromatic rings. The van der Waals surface area contributed by atoms with Crippen molar-refractivity contribution in [2.45, 2.75) is 18.9 Å². The normalized spacial score (nSPS) is 15.4. The third kappa shape index (κ3) is 2.86. The van der Waals surface area contributed by atoms with E-state index in [1.54, 1.807) is 17.0 Å². The van der Waals surface area contributed by atoms with Crippen molar-refractivity contribution in [3.63, 3.8) is 0 Å². The molecule has 0 bridgehead atoms. The highest BCUT2D eigenvalue weighted by Crippen LogP contribution is 2.21. The number of hydrogen-bond acceptors (Lipinski definition) is 6. The molecule has 1 aliphatic heterocycles. The number of benzene rings is 1. The number of amides is 1. The van der Waals surface area contributed by atoms with Gasteiger partial charge in [0.05, 0.1) is 17.6 Å². The topological polar surface area (TPSA) is 93.9 Å². The Bertz CT molecular complexity index is 964. The molecule has 1 aromatic carbocycles. The first-order chi connectivity index (χ1) is 12.2. The van der Waals surface area contributed by atoms with E-state index in [1.165, 1.54) is 23.3 Å². The lowest BCUT2D eigenvalue weighted by atomic mass is 10.0. The van der Waals surface area contributed by atoms with E-state index >= 15 is 0 Å². The Balaban J connectivity index is 1.52. The molecular formula is C17H16N6O2. The number of likely N-dealkylation sites (tertiary alicyclic amines) is 1. The van der Waals surface area contributed by atoms with Crippen molar-refractivity contribution < 1.29 is 4.79 Å². The van der Waals surface area contributed by atoms with E-state index in [2.05, 4.69) is 20.3 Å². The molecule has 8 heteroatoms. The molecule has 0 unspecified atom stereocenters. The van der Waals surface area contributed by atoms with Gasteiger partial charge in [0.25, 0.3) is 11.5 Å². The van der Waals surface area contributed by atoms with E-state index < -0.39 is 0 Å². The van der Waals surface area contributed by atoms with Crippen molar-refractivity contribution in [3.05, 3.63) is 58.9 Å². The molecule has 25 heavy (non-hydrogen) atoms. The molecular weight excluding hydrogens is 320 g/mol. The Morgan fingerprint density at radius 1 is 1.12 bits per heavy atom. The molecule has 1 aliphatic rings. The Hall–Kier alpha value is -3.16. The van der Waals surface area contributed by atoms with Gasteiger partial charge in [0.2, 0.25) is 0 Å². The summed E-state index contributed by atoms with van der Waals surface area (Å²) in [6.07, 6.45) is 5.81. The van der Waals surface area contributed by atoms with Gasteiger partial charge in [-0.2, -0.15) is 0 Å². The minimum Gasteiger partial charge on any atom is -0.337 e. The average Bonchev–Trinajstić information content (AvgIpc) is 2.69. The van der Waals surface area contributed by atoms with E-state index in [-0.39, 0.29) is 17.5 Å². The second-order valence-corrected chi connectivity index (χ2v) is 5.97. The number of carbonyl (C=O) groups is 1. The lowest BCUT2D eigenvalue weighted by molar-refractivity contribution is 0.0680. The monoisotopic (exact) mass is 336 g/mol. The summed E-state index contributed by atoms with van der Waals surface area (Å²) in [6, 6.07) is 7.12. The van der Waals surface area contributed by atoms with Crippen LogP contribution in [0.2, 0.25) is 0 Å². The van der Waals surface area contributed by atoms with Crippen molar-refractivity contribution in [2.24, 2.45) is 0 Å². The van der Waals surface area contributed by atoms with Gasteiger partial charge in [-0.1, -0.05) is 17.3 Å². The van der Waals surface area contributed by atoms with Crippen molar-refractivity contribution in [3.8, 4) is 0 Å². The first-order valence-corrected chi connectivity index (χ1v) is 8.13. The van der Waals surface area contributed by atoms with Crippen molar-refractivity contribution in [2.75, 3.05) is 13.1 Å². The molecule has 1 amide bonds. The quantitative estimate of drug-likeness (QED) is 0.694. The van der Waals surface area contributed by atoms with Crippen LogP contribution in [0, 0.1) is 0 Å². The summed E-state index contributed by atoms with van der Waals surface area (Å²) in [7, 11) is 0. The second-order valence-electron chi connectivity index (χ2n) is 5.97. The highest BCUT2D eigenvalue weighted by Gasteiger charge is 2.26. The highest BCUT2D eigenvalue weighted by atomic mass is 16.2. The van der Waals surface area contributed by atoms with Crippen LogP contribution in [0.1, 0.15) is 29.4 Å². The number of aromatic nitrogens is 5. The lowest BCUT2D eigenvalue weighted by Crippen LogP contribution is -2.41. The predicted molar refractivity (Wildman–Crippen MR) is 90.0 cm³/mol. The summed E-state index contributed by atoms with van der Waals surface area (Å²) in [5.74, 6) is -0.136. The summed E-state index contributed by atoms with van der Waals surface area (Å²) in [5.41, 5.74) is 0.798. The van der Waals surface area contributed by atoms with Crippen LogP contribution >= 0.6 is 0 Å². The van der Waals surface area contributed by atoms with E-state index in [0.717, 1.165) is 0 Å². The van der Waals surface area contributed by atoms with Crippen LogP contribution in [0.3, 0.4) is 0 Å². The zero-order valence-electron chi connectivity index (χ0n) is 13.4. The van der Waals surface area contributed by atoms with Gasteiger partial charge < -0.3 is 4.90 Å². The molecule has 8 nitrogen and oxygen atoms in total. The second kappa shape index (κ2) is 6.39. The zero-order chi connectivity index (χ0) is 17.2. The number of fused-ring (bicyclic) bond motifs is 1. The standard InChI is InChI=1S/C17H16N6O2/c24-16-13-3-1-2-4-14(13)20-21-23(16)12-5-9-22(10-6-12)17(25)15-11-18-7-8-19-15/h1-4,7-8,11-12H,5-6,9-10H2. The smallest absolute Gasteiger partial charge is 0.277 e. The summed E-state index contributed by atoms with van der Waals surface area (Å²) >= 11 is 0. The molecule has 126 valence electrons. The fraction of sp³-hybridized carbons (Fsp3) is 0.294. The van der Waals surface area contributed by atoms with Crippen LogP contribution in [0.5, 0.6) is 0 Å². The first kappa shape index (κ1) is 15.4. The maximum Gasteiger partial charge on any atom is 0.277 e. The predicted octanol–water partition coefficient (Wildman–Crippen LogP) is 1.06. The van der Waals surface area contributed by atoms with E-state index in [1.807, 2.05) is 12.1 Å². The van der Waals surface area contributed by atoms with Gasteiger partial charge in [0, 0.05) is 25.5 Å². The van der Waals surface area contributed by atoms with Gasteiger partial charge in [0.1, 0.15) is 11.2 Å². The summed E-state index contributed by atoms with van der Waals surface area (Å²) in [5, 5.41) is 8.78. The molecule has 0 saturated carbocycles. The highest BCUT2D eigenvalue weighted by molar-refractivity contribution is 5.92. The van der Waals surface area contributed by atoms with Crippen LogP contribution in [0.4, 0.5) is 0 Å². The number of piperidine rings is 1. The number of rotatable bonds is 2. The Kier molecular flexibility index (Phi) is 3.93. The lowest BCUT2D eigenvalue weighted by Gasteiger charge is -2.31. The molecule has 0 aliphatic carbocycles. The van der Waals surface area contributed by atoms with Crippen molar-refractivity contribution >= 4 is 16.8 Å². The van der Waals surface area contributed by atoms with Crippen LogP contribution in [0.25, 0.3) is 10.9 Å². The van der Waals surface area contributed by atoms with Gasteiger partial charge >= 0.3 is 0 Å². The van der Waals surface area contributed by atoms with E-state index in [0.29, 0.717) is 42.5 Å². The van der Waals surface area contributed by atoms with Gasteiger partial charge in [-0.05, 0) is 25.0 Å². The molecule has 0 atom stereocenters. The first-order valence-electron chi connectivity index (χ1n) is 8.13. The fourth-order valence-corrected chi connectivity index (χ4v) is 3.13. The van der Waals surface area contributed by atoms with Crippen LogP contribution in [-0.4, -0.2) is 48.9 Å². The maximum absolute atomic E-state index is 12.6. The van der Waals surface area contributed by atoms with Crippen molar-refractivity contribution in [1.29, 1.82) is 0 Å². The summed E-state index contributed by atoms with van der Waals surface area (Å²) < 4.78 is 1.45. The average molecular weight is 336 g/mol. The minimum absolute atomic E-state index is 0.0597. The minimum atomic E-state index is -0.136. The molecule has 0 radical (unpaired) electrons. The molecule has 0 N–H and O–H groups in total. The SMILES string of the molecule is O=C(c1cnccn1)N1CCC(n2nnc3ccccc3c2=O)CC1. The van der Waals surface area contributed by atoms with Gasteiger partial charge in [-0.15, -0.1) is 5.10 Å². The van der Waals surface area contributed by atoms with Gasteiger partial charge in [-0.25, -0.2) is 9.67 Å². The molecule has 3 heterocycles. The van der Waals surface area contributed by atoms with Crippen LogP contribution in [0.15, 0.2) is 47.7 Å². The Labute approximate surface area is 143 Å². The molecule has 1 fully saturated rings.